The molecular weight excluding hydrogens is 268 g/mol. The van der Waals surface area contributed by atoms with Crippen LogP contribution in [0.2, 0.25) is 0 Å². The molecule has 2 rings (SSSR count). The molecule has 19 heavy (non-hydrogen) atoms. The number of carbonyl (C=O) groups is 1. The SMILES string of the molecule is CCC1CCC(S(=O)(=O)c2ccc(C(=O)O)o2)CC1. The van der Waals surface area contributed by atoms with E-state index >= 15 is 0 Å². The average molecular weight is 286 g/mol. The van der Waals surface area contributed by atoms with Crippen LogP contribution in [0.15, 0.2) is 21.6 Å². The molecule has 1 N–H and O–H groups in total. The molecule has 0 aliphatic heterocycles. The predicted molar refractivity (Wildman–Crippen MR) is 68.9 cm³/mol. The number of carboxylic acids is 1. The molecule has 0 aromatic carbocycles. The summed E-state index contributed by atoms with van der Waals surface area (Å²) in [7, 11) is -3.54. The second kappa shape index (κ2) is 5.36. The molecule has 0 saturated heterocycles. The molecule has 1 aliphatic rings. The van der Waals surface area contributed by atoms with Gasteiger partial charge in [-0.3, -0.25) is 0 Å². The summed E-state index contributed by atoms with van der Waals surface area (Å²) in [5.41, 5.74) is 0. The second-order valence-corrected chi connectivity index (χ2v) is 7.18. The van der Waals surface area contributed by atoms with Crippen LogP contribution < -0.4 is 0 Å². The van der Waals surface area contributed by atoms with E-state index < -0.39 is 21.1 Å². The average Bonchev–Trinajstić information content (AvgIpc) is 2.89. The first-order valence-corrected chi connectivity index (χ1v) is 8.06. The lowest BCUT2D eigenvalue weighted by atomic mass is 9.87. The molecule has 0 unspecified atom stereocenters. The molecule has 0 atom stereocenters. The number of rotatable bonds is 4. The highest BCUT2D eigenvalue weighted by atomic mass is 32.2. The maximum absolute atomic E-state index is 12.3. The molecule has 0 radical (unpaired) electrons. The molecule has 0 bridgehead atoms. The van der Waals surface area contributed by atoms with Gasteiger partial charge in [0, 0.05) is 0 Å². The Morgan fingerprint density at radius 2 is 1.95 bits per heavy atom. The van der Waals surface area contributed by atoms with Gasteiger partial charge in [-0.05, 0) is 43.7 Å². The zero-order chi connectivity index (χ0) is 14.0. The molecule has 1 aliphatic carbocycles. The Balaban J connectivity index is 2.16. The van der Waals surface area contributed by atoms with E-state index in [0.717, 1.165) is 19.3 Å². The molecule has 6 heteroatoms. The Morgan fingerprint density at radius 3 is 2.42 bits per heavy atom. The van der Waals surface area contributed by atoms with Crippen LogP contribution >= 0.6 is 0 Å². The Morgan fingerprint density at radius 1 is 1.32 bits per heavy atom. The van der Waals surface area contributed by atoms with E-state index in [1.807, 2.05) is 0 Å². The summed E-state index contributed by atoms with van der Waals surface area (Å²) in [4.78, 5) is 10.7. The summed E-state index contributed by atoms with van der Waals surface area (Å²) in [6.07, 6.45) is 4.16. The Hall–Kier alpha value is -1.30. The van der Waals surface area contributed by atoms with Crippen LogP contribution in [0.5, 0.6) is 0 Å². The highest BCUT2D eigenvalue weighted by Crippen LogP contribution is 2.33. The van der Waals surface area contributed by atoms with Crippen molar-refractivity contribution in [3.05, 3.63) is 17.9 Å². The predicted octanol–water partition coefficient (Wildman–Crippen LogP) is 2.72. The van der Waals surface area contributed by atoms with Crippen LogP contribution in [0, 0.1) is 5.92 Å². The summed E-state index contributed by atoms with van der Waals surface area (Å²) < 4.78 is 29.6. The van der Waals surface area contributed by atoms with E-state index in [-0.39, 0.29) is 10.9 Å². The van der Waals surface area contributed by atoms with E-state index in [4.69, 9.17) is 9.52 Å². The highest BCUT2D eigenvalue weighted by Gasteiger charge is 2.34. The third-order valence-electron chi connectivity index (χ3n) is 3.88. The standard InChI is InChI=1S/C13H18O5S/c1-2-9-3-5-10(6-4-9)19(16,17)12-8-7-11(18-12)13(14)15/h7-10H,2-6H2,1H3,(H,14,15). The summed E-state index contributed by atoms with van der Waals surface area (Å²) in [6, 6.07) is 2.43. The topological polar surface area (TPSA) is 84.6 Å². The van der Waals surface area contributed by atoms with Crippen molar-refractivity contribution in [3.8, 4) is 0 Å². The summed E-state index contributed by atoms with van der Waals surface area (Å²) in [5, 5.41) is 8.09. The molecule has 1 saturated carbocycles. The third kappa shape index (κ3) is 2.83. The van der Waals surface area contributed by atoms with Gasteiger partial charge in [-0.25, -0.2) is 13.2 Å². The lowest BCUT2D eigenvalue weighted by Gasteiger charge is -2.26. The first-order valence-electron chi connectivity index (χ1n) is 6.52. The Kier molecular flexibility index (Phi) is 3.99. The van der Waals surface area contributed by atoms with Gasteiger partial charge in [0.25, 0.3) is 0 Å². The van der Waals surface area contributed by atoms with Gasteiger partial charge < -0.3 is 9.52 Å². The quantitative estimate of drug-likeness (QED) is 0.919. The molecule has 5 nitrogen and oxygen atoms in total. The van der Waals surface area contributed by atoms with Gasteiger partial charge in [-0.1, -0.05) is 13.3 Å². The number of hydrogen-bond acceptors (Lipinski definition) is 4. The van der Waals surface area contributed by atoms with Crippen LogP contribution in [0.25, 0.3) is 0 Å². The van der Waals surface area contributed by atoms with Crippen molar-refractivity contribution < 1.29 is 22.7 Å². The van der Waals surface area contributed by atoms with Crippen molar-refractivity contribution >= 4 is 15.8 Å². The van der Waals surface area contributed by atoms with Gasteiger partial charge >= 0.3 is 5.97 Å². The van der Waals surface area contributed by atoms with Gasteiger partial charge in [-0.2, -0.15) is 0 Å². The van der Waals surface area contributed by atoms with Crippen molar-refractivity contribution in [3.63, 3.8) is 0 Å². The van der Waals surface area contributed by atoms with Crippen molar-refractivity contribution in [2.24, 2.45) is 5.92 Å². The van der Waals surface area contributed by atoms with Crippen LogP contribution in [0.3, 0.4) is 0 Å². The first-order chi connectivity index (χ1) is 8.95. The van der Waals surface area contributed by atoms with Gasteiger partial charge in [0.05, 0.1) is 5.25 Å². The molecule has 1 fully saturated rings. The maximum atomic E-state index is 12.3. The summed E-state index contributed by atoms with van der Waals surface area (Å²) in [5.74, 6) is -0.977. The van der Waals surface area contributed by atoms with Crippen molar-refractivity contribution in [2.75, 3.05) is 0 Å². The zero-order valence-corrected chi connectivity index (χ0v) is 11.6. The lowest BCUT2D eigenvalue weighted by Crippen LogP contribution is -2.26. The monoisotopic (exact) mass is 286 g/mol. The minimum atomic E-state index is -3.54. The fraction of sp³-hybridized carbons (Fsp3) is 0.615. The maximum Gasteiger partial charge on any atom is 0.371 e. The summed E-state index contributed by atoms with van der Waals surface area (Å²) in [6.45, 7) is 2.12. The molecule has 1 heterocycles. The van der Waals surface area contributed by atoms with E-state index in [0.29, 0.717) is 18.8 Å². The Bertz CT molecular complexity index is 549. The number of hydrogen-bond donors (Lipinski definition) is 1. The van der Waals surface area contributed by atoms with E-state index in [9.17, 15) is 13.2 Å². The molecule has 106 valence electrons. The van der Waals surface area contributed by atoms with Crippen LogP contribution in [0.1, 0.15) is 49.6 Å². The minimum absolute atomic E-state index is 0.218. The van der Waals surface area contributed by atoms with Crippen LogP contribution in [-0.2, 0) is 9.84 Å². The fourth-order valence-electron chi connectivity index (χ4n) is 2.60. The van der Waals surface area contributed by atoms with Crippen molar-refractivity contribution in [1.29, 1.82) is 0 Å². The Labute approximate surface area is 112 Å². The van der Waals surface area contributed by atoms with E-state index in [2.05, 4.69) is 6.92 Å². The molecule has 0 amide bonds. The largest absolute Gasteiger partial charge is 0.475 e. The number of carboxylic acid groups (broad SMARTS) is 1. The minimum Gasteiger partial charge on any atom is -0.475 e. The second-order valence-electron chi connectivity index (χ2n) is 5.02. The third-order valence-corrected chi connectivity index (χ3v) is 6.01. The number of aromatic carboxylic acids is 1. The van der Waals surface area contributed by atoms with Crippen LogP contribution in [-0.4, -0.2) is 24.7 Å². The highest BCUT2D eigenvalue weighted by molar-refractivity contribution is 7.91. The fourth-order valence-corrected chi connectivity index (χ4v) is 4.29. The smallest absolute Gasteiger partial charge is 0.371 e. The van der Waals surface area contributed by atoms with Gasteiger partial charge in [0.2, 0.25) is 20.7 Å². The number of sulfone groups is 1. The zero-order valence-electron chi connectivity index (χ0n) is 10.8. The van der Waals surface area contributed by atoms with E-state index in [1.165, 1.54) is 12.1 Å². The van der Waals surface area contributed by atoms with Gasteiger partial charge in [0.1, 0.15) is 0 Å². The molecule has 1 aromatic heterocycles. The lowest BCUT2D eigenvalue weighted by molar-refractivity contribution is 0.0656. The molecule has 1 aromatic rings. The van der Waals surface area contributed by atoms with Crippen molar-refractivity contribution in [2.45, 2.75) is 49.4 Å². The van der Waals surface area contributed by atoms with Crippen LogP contribution in [0.4, 0.5) is 0 Å². The molecular formula is C13H18O5S. The normalized spacial score (nSPS) is 24.3. The molecule has 0 spiro atoms. The van der Waals surface area contributed by atoms with Gasteiger partial charge in [0.15, 0.2) is 0 Å². The number of furan rings is 1. The summed E-state index contributed by atoms with van der Waals surface area (Å²) >= 11 is 0. The van der Waals surface area contributed by atoms with Gasteiger partial charge in [-0.15, -0.1) is 0 Å². The van der Waals surface area contributed by atoms with Crippen molar-refractivity contribution in [1.82, 2.24) is 0 Å². The van der Waals surface area contributed by atoms with E-state index in [1.54, 1.807) is 0 Å². The first kappa shape index (κ1) is 14.1.